The first-order chi connectivity index (χ1) is 7.79. The Morgan fingerprint density at radius 2 is 2.12 bits per heavy atom. The van der Waals surface area contributed by atoms with Crippen molar-refractivity contribution < 1.29 is 0 Å². The van der Waals surface area contributed by atoms with Crippen molar-refractivity contribution in [3.05, 3.63) is 46.2 Å². The van der Waals surface area contributed by atoms with Crippen molar-refractivity contribution in [1.82, 2.24) is 20.7 Å². The summed E-state index contributed by atoms with van der Waals surface area (Å²) in [7, 11) is 1.93. The van der Waals surface area contributed by atoms with E-state index in [1.54, 1.807) is 6.20 Å². The Morgan fingerprint density at radius 3 is 2.69 bits per heavy atom. The molecule has 84 valence electrons. The highest BCUT2D eigenvalue weighted by Crippen LogP contribution is 2.17. The molecule has 0 saturated carbocycles. The van der Waals surface area contributed by atoms with Crippen LogP contribution in [-0.4, -0.2) is 22.5 Å². The van der Waals surface area contributed by atoms with Gasteiger partial charge in [-0.3, -0.25) is 0 Å². The average Bonchev–Trinajstić information content (AvgIpc) is 2.82. The van der Waals surface area contributed by atoms with Crippen molar-refractivity contribution in [2.75, 3.05) is 7.05 Å². The molecular formula is C11H13BrN4. The topological polar surface area (TPSA) is 53.6 Å². The number of benzene rings is 1. The molecule has 0 aliphatic rings. The van der Waals surface area contributed by atoms with Crippen molar-refractivity contribution in [2.24, 2.45) is 0 Å². The molecule has 2 N–H and O–H groups in total. The van der Waals surface area contributed by atoms with Gasteiger partial charge in [-0.15, -0.1) is 0 Å². The molecule has 0 radical (unpaired) electrons. The number of aromatic nitrogens is 3. The Hall–Kier alpha value is -1.20. The van der Waals surface area contributed by atoms with Crippen LogP contribution in [0.2, 0.25) is 0 Å². The maximum absolute atomic E-state index is 4.09. The predicted molar refractivity (Wildman–Crippen MR) is 66.0 cm³/mol. The molecule has 5 heteroatoms. The number of hydrogen-bond donors (Lipinski definition) is 2. The summed E-state index contributed by atoms with van der Waals surface area (Å²) in [5.41, 5.74) is 2.20. The van der Waals surface area contributed by atoms with Crippen LogP contribution in [0.3, 0.4) is 0 Å². The third kappa shape index (κ3) is 2.68. The second kappa shape index (κ2) is 5.23. The quantitative estimate of drug-likeness (QED) is 0.902. The molecule has 0 amide bonds. The molecule has 0 bridgehead atoms. The summed E-state index contributed by atoms with van der Waals surface area (Å²) in [6.45, 7) is 0. The molecule has 0 aliphatic carbocycles. The van der Waals surface area contributed by atoms with Gasteiger partial charge < -0.3 is 5.32 Å². The monoisotopic (exact) mass is 280 g/mol. The maximum atomic E-state index is 4.09. The molecule has 1 atom stereocenters. The van der Waals surface area contributed by atoms with Crippen molar-refractivity contribution in [2.45, 2.75) is 12.5 Å². The smallest absolute Gasteiger partial charge is 0.0997 e. The lowest BCUT2D eigenvalue weighted by atomic mass is 10.0. The van der Waals surface area contributed by atoms with E-state index in [2.05, 4.69) is 48.8 Å². The lowest BCUT2D eigenvalue weighted by Crippen LogP contribution is -2.19. The van der Waals surface area contributed by atoms with E-state index in [0.29, 0.717) is 0 Å². The molecule has 1 heterocycles. The molecule has 1 unspecified atom stereocenters. The number of likely N-dealkylation sites (N-methyl/N-ethyl adjacent to an activating group) is 1. The zero-order valence-corrected chi connectivity index (χ0v) is 10.5. The summed E-state index contributed by atoms with van der Waals surface area (Å²) in [6, 6.07) is 8.50. The van der Waals surface area contributed by atoms with Crippen LogP contribution in [0.5, 0.6) is 0 Å². The fourth-order valence-electron chi connectivity index (χ4n) is 1.59. The highest BCUT2D eigenvalue weighted by molar-refractivity contribution is 9.10. The van der Waals surface area contributed by atoms with Crippen molar-refractivity contribution in [1.29, 1.82) is 0 Å². The minimum atomic E-state index is 0.194. The van der Waals surface area contributed by atoms with Crippen LogP contribution >= 0.6 is 15.9 Å². The first kappa shape index (κ1) is 11.3. The Bertz CT molecular complexity index is 424. The Morgan fingerprint density at radius 1 is 1.38 bits per heavy atom. The second-order valence-corrected chi connectivity index (χ2v) is 4.48. The van der Waals surface area contributed by atoms with E-state index < -0.39 is 0 Å². The van der Waals surface area contributed by atoms with Gasteiger partial charge in [0.25, 0.3) is 0 Å². The number of H-pyrrole nitrogens is 1. The molecule has 0 saturated heterocycles. The third-order valence-electron chi connectivity index (χ3n) is 2.49. The number of aromatic amines is 1. The van der Waals surface area contributed by atoms with Gasteiger partial charge in [0.2, 0.25) is 0 Å². The average molecular weight is 281 g/mol. The summed E-state index contributed by atoms with van der Waals surface area (Å²) in [4.78, 5) is 0. The van der Waals surface area contributed by atoms with E-state index in [1.807, 2.05) is 19.2 Å². The molecule has 4 nitrogen and oxygen atoms in total. The third-order valence-corrected chi connectivity index (χ3v) is 3.02. The molecule has 0 spiro atoms. The maximum Gasteiger partial charge on any atom is 0.0997 e. The highest BCUT2D eigenvalue weighted by Gasteiger charge is 2.12. The minimum Gasteiger partial charge on any atom is -0.311 e. The minimum absolute atomic E-state index is 0.194. The summed E-state index contributed by atoms with van der Waals surface area (Å²) < 4.78 is 1.10. The van der Waals surface area contributed by atoms with Crippen LogP contribution in [0.25, 0.3) is 0 Å². The molecular weight excluding hydrogens is 268 g/mol. The fraction of sp³-hybridized carbons (Fsp3) is 0.273. The van der Waals surface area contributed by atoms with E-state index in [9.17, 15) is 0 Å². The van der Waals surface area contributed by atoms with Gasteiger partial charge in [0.1, 0.15) is 0 Å². The van der Waals surface area contributed by atoms with E-state index in [0.717, 1.165) is 16.6 Å². The predicted octanol–water partition coefficient (Wildman–Crippen LogP) is 2.07. The molecule has 16 heavy (non-hydrogen) atoms. The molecule has 2 rings (SSSR count). The summed E-state index contributed by atoms with van der Waals surface area (Å²) >= 11 is 3.42. The Kier molecular flexibility index (Phi) is 3.69. The number of rotatable bonds is 4. The van der Waals surface area contributed by atoms with Crippen LogP contribution in [0.1, 0.15) is 17.3 Å². The first-order valence-electron chi connectivity index (χ1n) is 5.07. The largest absolute Gasteiger partial charge is 0.311 e. The summed E-state index contributed by atoms with van der Waals surface area (Å²) in [5, 5.41) is 13.8. The molecule has 1 aromatic heterocycles. The van der Waals surface area contributed by atoms with Gasteiger partial charge in [-0.25, -0.2) is 0 Å². The highest BCUT2D eigenvalue weighted by atomic mass is 79.9. The van der Waals surface area contributed by atoms with Crippen molar-refractivity contribution in [3.63, 3.8) is 0 Å². The van der Waals surface area contributed by atoms with Gasteiger partial charge in [0.15, 0.2) is 0 Å². The van der Waals surface area contributed by atoms with Crippen LogP contribution < -0.4 is 5.32 Å². The van der Waals surface area contributed by atoms with Gasteiger partial charge in [0.05, 0.1) is 17.9 Å². The molecule has 0 fully saturated rings. The normalized spacial score (nSPS) is 12.6. The first-order valence-corrected chi connectivity index (χ1v) is 5.86. The van der Waals surface area contributed by atoms with Crippen molar-refractivity contribution >= 4 is 15.9 Å². The lowest BCUT2D eigenvalue weighted by Gasteiger charge is -2.13. The van der Waals surface area contributed by atoms with Crippen LogP contribution in [0.4, 0.5) is 0 Å². The van der Waals surface area contributed by atoms with Crippen LogP contribution in [-0.2, 0) is 6.42 Å². The van der Waals surface area contributed by atoms with Gasteiger partial charge >= 0.3 is 0 Å². The zero-order chi connectivity index (χ0) is 11.4. The standard InChI is InChI=1S/C11H13BrN4/c1-13-10(11-7-14-16-15-11)6-8-2-4-9(12)5-3-8/h2-5,7,10,13H,6H2,1H3,(H,14,15,16). The van der Waals surface area contributed by atoms with E-state index in [1.165, 1.54) is 5.56 Å². The Balaban J connectivity index is 2.10. The summed E-state index contributed by atoms with van der Waals surface area (Å²) in [6.07, 6.45) is 2.65. The second-order valence-electron chi connectivity index (χ2n) is 3.57. The van der Waals surface area contributed by atoms with E-state index >= 15 is 0 Å². The van der Waals surface area contributed by atoms with E-state index in [4.69, 9.17) is 0 Å². The fourth-order valence-corrected chi connectivity index (χ4v) is 1.85. The SMILES string of the molecule is CNC(Cc1ccc(Br)cc1)c1cn[nH]n1. The van der Waals surface area contributed by atoms with Crippen molar-refractivity contribution in [3.8, 4) is 0 Å². The number of halogens is 1. The molecule has 1 aromatic carbocycles. The number of nitrogens with one attached hydrogen (secondary N) is 2. The van der Waals surface area contributed by atoms with Crippen LogP contribution in [0.15, 0.2) is 34.9 Å². The number of nitrogens with zero attached hydrogens (tertiary/aromatic N) is 2. The van der Waals surface area contributed by atoms with E-state index in [-0.39, 0.29) is 6.04 Å². The zero-order valence-electron chi connectivity index (χ0n) is 8.94. The van der Waals surface area contributed by atoms with Gasteiger partial charge in [-0.2, -0.15) is 15.4 Å². The van der Waals surface area contributed by atoms with Gasteiger partial charge in [0, 0.05) is 4.47 Å². The van der Waals surface area contributed by atoms with Crippen LogP contribution in [0, 0.1) is 0 Å². The summed E-state index contributed by atoms with van der Waals surface area (Å²) in [5.74, 6) is 0. The van der Waals surface area contributed by atoms with Gasteiger partial charge in [-0.05, 0) is 31.2 Å². The molecule has 0 aliphatic heterocycles. The number of hydrogen-bond acceptors (Lipinski definition) is 3. The lowest BCUT2D eigenvalue weighted by molar-refractivity contribution is 0.574. The van der Waals surface area contributed by atoms with Gasteiger partial charge in [-0.1, -0.05) is 28.1 Å². The Labute approximate surface area is 103 Å². The molecule has 2 aromatic rings.